The van der Waals surface area contributed by atoms with E-state index in [4.69, 9.17) is 17.0 Å². The van der Waals surface area contributed by atoms with E-state index in [1.165, 1.54) is 0 Å². The minimum absolute atomic E-state index is 0.118. The van der Waals surface area contributed by atoms with E-state index in [1.807, 2.05) is 13.8 Å². The van der Waals surface area contributed by atoms with Gasteiger partial charge in [0.05, 0.1) is 6.61 Å². The average molecular weight is 428 g/mol. The van der Waals surface area contributed by atoms with Crippen molar-refractivity contribution in [3.05, 3.63) is 59.7 Å². The lowest BCUT2D eigenvalue weighted by atomic mass is 10.1. The number of rotatable bonds is 8. The summed E-state index contributed by atoms with van der Waals surface area (Å²) in [5, 5.41) is 8.69. The van der Waals surface area contributed by atoms with Crippen LogP contribution in [-0.4, -0.2) is 29.6 Å². The first-order valence-electron chi connectivity index (χ1n) is 10.0. The predicted molar refractivity (Wildman–Crippen MR) is 124 cm³/mol. The smallest absolute Gasteiger partial charge is 0.257 e. The van der Waals surface area contributed by atoms with Gasteiger partial charge in [-0.2, -0.15) is 0 Å². The van der Waals surface area contributed by atoms with E-state index in [1.54, 1.807) is 48.5 Å². The van der Waals surface area contributed by atoms with E-state index < -0.39 is 0 Å². The number of hydrogen-bond acceptors (Lipinski definition) is 4. The minimum atomic E-state index is -0.313. The van der Waals surface area contributed by atoms with Crippen LogP contribution in [0.4, 0.5) is 5.69 Å². The molecule has 2 amide bonds. The molecule has 0 aromatic heterocycles. The fraction of sp³-hybridized carbons (Fsp3) is 0.348. The number of ether oxygens (including phenoxy) is 1. The number of anilines is 1. The normalized spacial score (nSPS) is 11.5. The molecule has 0 saturated heterocycles. The molecule has 30 heavy (non-hydrogen) atoms. The van der Waals surface area contributed by atoms with Crippen molar-refractivity contribution >= 4 is 34.8 Å². The molecule has 0 bridgehead atoms. The highest BCUT2D eigenvalue weighted by molar-refractivity contribution is 7.80. The molecule has 0 spiro atoms. The highest BCUT2D eigenvalue weighted by Crippen LogP contribution is 2.14. The lowest BCUT2D eigenvalue weighted by Crippen LogP contribution is -2.34. The van der Waals surface area contributed by atoms with E-state index >= 15 is 0 Å². The summed E-state index contributed by atoms with van der Waals surface area (Å²) in [6.07, 6.45) is 0.868. The quantitative estimate of drug-likeness (QED) is 0.545. The van der Waals surface area contributed by atoms with Gasteiger partial charge in [-0.15, -0.1) is 0 Å². The van der Waals surface area contributed by atoms with Crippen LogP contribution in [0.25, 0.3) is 0 Å². The van der Waals surface area contributed by atoms with Crippen molar-refractivity contribution in [1.29, 1.82) is 0 Å². The maximum Gasteiger partial charge on any atom is 0.257 e. The summed E-state index contributed by atoms with van der Waals surface area (Å²) >= 11 is 5.22. The molecule has 0 heterocycles. The molecule has 6 nitrogen and oxygen atoms in total. The molecule has 0 fully saturated rings. The summed E-state index contributed by atoms with van der Waals surface area (Å²) in [4.78, 5) is 24.5. The molecule has 0 aliphatic heterocycles. The maximum atomic E-state index is 12.4. The Hall–Kier alpha value is -2.93. The van der Waals surface area contributed by atoms with Gasteiger partial charge in [-0.05, 0) is 80.0 Å². The zero-order valence-corrected chi connectivity index (χ0v) is 18.6. The molecule has 160 valence electrons. The number of carbonyl (C=O) groups is 2. The fourth-order valence-electron chi connectivity index (χ4n) is 2.42. The first-order chi connectivity index (χ1) is 14.3. The molecule has 1 unspecified atom stereocenters. The Kier molecular flexibility index (Phi) is 8.80. The van der Waals surface area contributed by atoms with Crippen molar-refractivity contribution in [3.8, 4) is 5.75 Å². The predicted octanol–water partition coefficient (Wildman–Crippen LogP) is 4.38. The van der Waals surface area contributed by atoms with Crippen molar-refractivity contribution in [2.45, 2.75) is 40.2 Å². The van der Waals surface area contributed by atoms with Gasteiger partial charge in [0.2, 0.25) is 0 Å². The Morgan fingerprint density at radius 1 is 0.933 bits per heavy atom. The SMILES string of the molecule is CCC(C)NC(=O)c1ccc(NC(=S)NC(=O)c2ccc(OCC(C)C)cc2)cc1. The molecular weight excluding hydrogens is 398 g/mol. The molecular formula is C23H29N3O3S. The van der Waals surface area contributed by atoms with Gasteiger partial charge in [0.15, 0.2) is 5.11 Å². The van der Waals surface area contributed by atoms with Crippen LogP contribution in [0, 0.1) is 5.92 Å². The summed E-state index contributed by atoms with van der Waals surface area (Å²) in [6.45, 7) is 8.75. The van der Waals surface area contributed by atoms with Gasteiger partial charge in [0.1, 0.15) is 5.75 Å². The topological polar surface area (TPSA) is 79.5 Å². The molecule has 0 saturated carbocycles. The van der Waals surface area contributed by atoms with Crippen molar-refractivity contribution in [2.75, 3.05) is 11.9 Å². The first kappa shape index (κ1) is 23.3. The number of thiocarbonyl (C=S) groups is 1. The maximum absolute atomic E-state index is 12.4. The van der Waals surface area contributed by atoms with Gasteiger partial charge >= 0.3 is 0 Å². The number of amides is 2. The number of nitrogens with one attached hydrogen (secondary N) is 3. The Labute approximate surface area is 183 Å². The molecule has 1 atom stereocenters. The summed E-state index contributed by atoms with van der Waals surface area (Å²) in [6, 6.07) is 13.9. The van der Waals surface area contributed by atoms with Crippen molar-refractivity contribution < 1.29 is 14.3 Å². The van der Waals surface area contributed by atoms with Crippen molar-refractivity contribution in [2.24, 2.45) is 5.92 Å². The van der Waals surface area contributed by atoms with Crippen LogP contribution in [0.2, 0.25) is 0 Å². The van der Waals surface area contributed by atoms with Gasteiger partial charge in [-0.3, -0.25) is 14.9 Å². The molecule has 2 aromatic rings. The Morgan fingerprint density at radius 3 is 2.07 bits per heavy atom. The van der Waals surface area contributed by atoms with Crippen LogP contribution in [0.15, 0.2) is 48.5 Å². The van der Waals surface area contributed by atoms with E-state index in [0.717, 1.165) is 12.2 Å². The second kappa shape index (κ2) is 11.3. The number of benzene rings is 2. The standard InChI is InChI=1S/C23H29N3O3S/c1-5-16(4)24-21(27)17-6-10-19(11-7-17)25-23(30)26-22(28)18-8-12-20(13-9-18)29-14-15(2)3/h6-13,15-16H,5,14H2,1-4H3,(H,24,27)(H2,25,26,28,30). The first-order valence-corrected chi connectivity index (χ1v) is 10.5. The molecule has 0 radical (unpaired) electrons. The fourth-order valence-corrected chi connectivity index (χ4v) is 2.63. The average Bonchev–Trinajstić information content (AvgIpc) is 2.72. The van der Waals surface area contributed by atoms with Crippen LogP contribution in [-0.2, 0) is 0 Å². The lowest BCUT2D eigenvalue weighted by Gasteiger charge is -2.13. The second-order valence-corrected chi connectivity index (χ2v) is 7.91. The van der Waals surface area contributed by atoms with Gasteiger partial charge in [-0.1, -0.05) is 20.8 Å². The zero-order chi connectivity index (χ0) is 22.1. The number of hydrogen-bond donors (Lipinski definition) is 3. The Morgan fingerprint density at radius 2 is 1.50 bits per heavy atom. The van der Waals surface area contributed by atoms with Gasteiger partial charge in [0, 0.05) is 22.9 Å². The monoisotopic (exact) mass is 427 g/mol. The van der Waals surface area contributed by atoms with Gasteiger partial charge in [0.25, 0.3) is 11.8 Å². The largest absolute Gasteiger partial charge is 0.493 e. The third kappa shape index (κ3) is 7.48. The Bertz CT molecular complexity index is 864. The zero-order valence-electron chi connectivity index (χ0n) is 17.8. The summed E-state index contributed by atoms with van der Waals surface area (Å²) in [7, 11) is 0. The van der Waals surface area contributed by atoms with E-state index in [-0.39, 0.29) is 23.0 Å². The summed E-state index contributed by atoms with van der Waals surface area (Å²) < 4.78 is 5.62. The van der Waals surface area contributed by atoms with Crippen LogP contribution < -0.4 is 20.7 Å². The third-order valence-electron chi connectivity index (χ3n) is 4.32. The third-order valence-corrected chi connectivity index (χ3v) is 4.53. The summed E-state index contributed by atoms with van der Waals surface area (Å²) in [5.74, 6) is 0.721. The van der Waals surface area contributed by atoms with Gasteiger partial charge in [-0.25, -0.2) is 0 Å². The van der Waals surface area contributed by atoms with E-state index in [2.05, 4.69) is 29.8 Å². The van der Waals surface area contributed by atoms with E-state index in [9.17, 15) is 9.59 Å². The second-order valence-electron chi connectivity index (χ2n) is 7.50. The van der Waals surface area contributed by atoms with Crippen LogP contribution in [0.1, 0.15) is 54.8 Å². The van der Waals surface area contributed by atoms with Crippen molar-refractivity contribution in [3.63, 3.8) is 0 Å². The van der Waals surface area contributed by atoms with E-state index in [0.29, 0.717) is 29.3 Å². The van der Waals surface area contributed by atoms with Crippen LogP contribution >= 0.6 is 12.2 Å². The molecule has 0 aliphatic carbocycles. The van der Waals surface area contributed by atoms with Crippen LogP contribution in [0.3, 0.4) is 0 Å². The van der Waals surface area contributed by atoms with Gasteiger partial charge < -0.3 is 15.4 Å². The molecule has 3 N–H and O–H groups in total. The molecule has 2 rings (SSSR count). The lowest BCUT2D eigenvalue weighted by molar-refractivity contribution is 0.0937. The summed E-state index contributed by atoms with van der Waals surface area (Å²) in [5.41, 5.74) is 1.72. The molecule has 7 heteroatoms. The Balaban J connectivity index is 1.87. The van der Waals surface area contributed by atoms with Crippen LogP contribution in [0.5, 0.6) is 5.75 Å². The van der Waals surface area contributed by atoms with Crippen molar-refractivity contribution in [1.82, 2.24) is 10.6 Å². The highest BCUT2D eigenvalue weighted by atomic mass is 32.1. The molecule has 0 aliphatic rings. The molecule has 2 aromatic carbocycles. The highest BCUT2D eigenvalue weighted by Gasteiger charge is 2.10. The minimum Gasteiger partial charge on any atom is -0.493 e. The number of carbonyl (C=O) groups excluding carboxylic acids is 2.